The highest BCUT2D eigenvalue weighted by Crippen LogP contribution is 2.20. The number of benzene rings is 1. The number of hydrogen-bond acceptors (Lipinski definition) is 3. The minimum atomic E-state index is -0.638. The molecular formula is C15H22FNO2. The zero-order valence-corrected chi connectivity index (χ0v) is 11.5. The normalized spacial score (nSPS) is 22.4. The highest BCUT2D eigenvalue weighted by molar-refractivity contribution is 5.26. The van der Waals surface area contributed by atoms with Gasteiger partial charge in [0.15, 0.2) is 0 Å². The number of aryl methyl sites for hydroxylation is 1. The average molecular weight is 267 g/mol. The van der Waals surface area contributed by atoms with Crippen molar-refractivity contribution in [2.24, 2.45) is 0 Å². The Bertz CT molecular complexity index is 419. The van der Waals surface area contributed by atoms with Crippen LogP contribution in [0.3, 0.4) is 0 Å². The number of hydrogen-bond donors (Lipinski definition) is 2. The van der Waals surface area contributed by atoms with E-state index in [2.05, 4.69) is 5.32 Å². The van der Waals surface area contributed by atoms with Crippen LogP contribution in [0.1, 0.15) is 37.0 Å². The van der Waals surface area contributed by atoms with Crippen molar-refractivity contribution in [2.45, 2.75) is 44.9 Å². The second-order valence-electron chi connectivity index (χ2n) is 5.29. The van der Waals surface area contributed by atoms with Crippen LogP contribution in [0.15, 0.2) is 18.2 Å². The van der Waals surface area contributed by atoms with Crippen molar-refractivity contribution in [2.75, 3.05) is 13.2 Å². The largest absolute Gasteiger partial charge is 0.387 e. The lowest BCUT2D eigenvalue weighted by atomic mass is 10.0. The first kappa shape index (κ1) is 14.4. The molecule has 106 valence electrons. The Morgan fingerprint density at radius 3 is 2.95 bits per heavy atom. The molecule has 1 aromatic carbocycles. The molecule has 3 nitrogen and oxygen atoms in total. The van der Waals surface area contributed by atoms with Gasteiger partial charge in [-0.15, -0.1) is 0 Å². The minimum Gasteiger partial charge on any atom is -0.387 e. The van der Waals surface area contributed by atoms with Gasteiger partial charge in [0, 0.05) is 19.2 Å². The van der Waals surface area contributed by atoms with Gasteiger partial charge in [-0.1, -0.05) is 12.1 Å². The van der Waals surface area contributed by atoms with Crippen molar-refractivity contribution in [3.05, 3.63) is 35.1 Å². The van der Waals surface area contributed by atoms with E-state index in [0.29, 0.717) is 5.56 Å². The Labute approximate surface area is 113 Å². The lowest BCUT2D eigenvalue weighted by Crippen LogP contribution is -2.37. The number of halogens is 1. The van der Waals surface area contributed by atoms with Crippen LogP contribution in [0.4, 0.5) is 4.39 Å². The van der Waals surface area contributed by atoms with Gasteiger partial charge in [0.25, 0.3) is 0 Å². The van der Waals surface area contributed by atoms with E-state index in [4.69, 9.17) is 4.74 Å². The number of rotatable bonds is 5. The van der Waals surface area contributed by atoms with Crippen LogP contribution < -0.4 is 5.32 Å². The van der Waals surface area contributed by atoms with E-state index in [1.807, 2.05) is 6.92 Å². The van der Waals surface area contributed by atoms with E-state index >= 15 is 0 Å². The third-order valence-corrected chi connectivity index (χ3v) is 3.69. The van der Waals surface area contributed by atoms with Crippen LogP contribution in [0, 0.1) is 12.7 Å². The average Bonchev–Trinajstić information content (AvgIpc) is 2.91. The van der Waals surface area contributed by atoms with Gasteiger partial charge in [-0.25, -0.2) is 4.39 Å². The molecule has 0 radical (unpaired) electrons. The summed E-state index contributed by atoms with van der Waals surface area (Å²) in [6.45, 7) is 5.22. The number of aliphatic hydroxyl groups is 1. The third kappa shape index (κ3) is 3.75. The van der Waals surface area contributed by atoms with Crippen LogP contribution in [0.25, 0.3) is 0 Å². The highest BCUT2D eigenvalue weighted by atomic mass is 19.1. The molecule has 0 aliphatic carbocycles. The molecule has 0 spiro atoms. The summed E-state index contributed by atoms with van der Waals surface area (Å²) in [6, 6.07) is 4.65. The van der Waals surface area contributed by atoms with Gasteiger partial charge in [-0.2, -0.15) is 0 Å². The molecular weight excluding hydrogens is 245 g/mol. The topological polar surface area (TPSA) is 41.5 Å². The predicted octanol–water partition coefficient (Wildman–Crippen LogP) is 2.32. The Hall–Kier alpha value is -0.970. The van der Waals surface area contributed by atoms with Gasteiger partial charge in [-0.3, -0.25) is 0 Å². The molecule has 1 aliphatic heterocycles. The molecule has 3 atom stereocenters. The van der Waals surface area contributed by atoms with E-state index in [0.717, 1.165) is 31.6 Å². The fourth-order valence-corrected chi connectivity index (χ4v) is 2.37. The second kappa shape index (κ2) is 6.46. The molecule has 1 fully saturated rings. The molecule has 2 N–H and O–H groups in total. The Morgan fingerprint density at radius 1 is 1.53 bits per heavy atom. The summed E-state index contributed by atoms with van der Waals surface area (Å²) in [5, 5.41) is 13.5. The standard InChI is InChI=1S/C15H22FNO2/c1-10-8-12(5-6-14(10)16)15(18)11(2)17-9-13-4-3-7-19-13/h5-6,8,11,13,15,17-18H,3-4,7,9H2,1-2H3. The Morgan fingerprint density at radius 2 is 2.32 bits per heavy atom. The zero-order valence-electron chi connectivity index (χ0n) is 11.5. The van der Waals surface area contributed by atoms with Crippen molar-refractivity contribution in [1.29, 1.82) is 0 Å². The fourth-order valence-electron chi connectivity index (χ4n) is 2.37. The van der Waals surface area contributed by atoms with Crippen LogP contribution in [-0.4, -0.2) is 30.4 Å². The maximum Gasteiger partial charge on any atom is 0.126 e. The minimum absolute atomic E-state index is 0.0888. The molecule has 1 heterocycles. The number of nitrogens with one attached hydrogen (secondary N) is 1. The predicted molar refractivity (Wildman–Crippen MR) is 72.5 cm³/mol. The molecule has 1 saturated heterocycles. The van der Waals surface area contributed by atoms with Gasteiger partial charge < -0.3 is 15.2 Å². The first-order valence-corrected chi connectivity index (χ1v) is 6.87. The molecule has 0 amide bonds. The third-order valence-electron chi connectivity index (χ3n) is 3.69. The van der Waals surface area contributed by atoms with Gasteiger partial charge in [-0.05, 0) is 43.9 Å². The van der Waals surface area contributed by atoms with Gasteiger partial charge in [0.1, 0.15) is 5.82 Å². The lowest BCUT2D eigenvalue weighted by Gasteiger charge is -2.22. The van der Waals surface area contributed by atoms with Crippen LogP contribution in [-0.2, 0) is 4.74 Å². The van der Waals surface area contributed by atoms with Gasteiger partial charge >= 0.3 is 0 Å². The summed E-state index contributed by atoms with van der Waals surface area (Å²) in [4.78, 5) is 0. The number of ether oxygens (including phenoxy) is 1. The van der Waals surface area contributed by atoms with E-state index in [-0.39, 0.29) is 18.0 Å². The highest BCUT2D eigenvalue weighted by Gasteiger charge is 2.20. The van der Waals surface area contributed by atoms with E-state index in [1.54, 1.807) is 19.1 Å². The number of aliphatic hydroxyl groups excluding tert-OH is 1. The summed E-state index contributed by atoms with van der Waals surface area (Å²) in [5.74, 6) is -0.240. The summed E-state index contributed by atoms with van der Waals surface area (Å²) < 4.78 is 18.7. The molecule has 0 aromatic heterocycles. The zero-order chi connectivity index (χ0) is 13.8. The summed E-state index contributed by atoms with van der Waals surface area (Å²) in [6.07, 6.45) is 1.80. The van der Waals surface area contributed by atoms with Crippen LogP contribution in [0.2, 0.25) is 0 Å². The van der Waals surface area contributed by atoms with Crippen LogP contribution in [0.5, 0.6) is 0 Å². The molecule has 1 aromatic rings. The van der Waals surface area contributed by atoms with Crippen molar-refractivity contribution in [3.8, 4) is 0 Å². The van der Waals surface area contributed by atoms with E-state index in [9.17, 15) is 9.50 Å². The molecule has 1 aliphatic rings. The first-order chi connectivity index (χ1) is 9.08. The molecule has 0 bridgehead atoms. The SMILES string of the molecule is Cc1cc(C(O)C(C)NCC2CCCO2)ccc1F. The maximum absolute atomic E-state index is 13.2. The smallest absolute Gasteiger partial charge is 0.126 e. The van der Waals surface area contributed by atoms with Crippen molar-refractivity contribution in [3.63, 3.8) is 0 Å². The summed E-state index contributed by atoms with van der Waals surface area (Å²) in [5.41, 5.74) is 1.30. The summed E-state index contributed by atoms with van der Waals surface area (Å²) in [7, 11) is 0. The second-order valence-corrected chi connectivity index (χ2v) is 5.29. The van der Waals surface area contributed by atoms with Gasteiger partial charge in [0.2, 0.25) is 0 Å². The first-order valence-electron chi connectivity index (χ1n) is 6.87. The Kier molecular flexibility index (Phi) is 4.91. The molecule has 3 unspecified atom stereocenters. The van der Waals surface area contributed by atoms with E-state index in [1.165, 1.54) is 6.07 Å². The van der Waals surface area contributed by atoms with Crippen molar-refractivity contribution in [1.82, 2.24) is 5.32 Å². The Balaban J connectivity index is 1.89. The lowest BCUT2D eigenvalue weighted by molar-refractivity contribution is 0.0910. The van der Waals surface area contributed by atoms with Gasteiger partial charge in [0.05, 0.1) is 12.2 Å². The van der Waals surface area contributed by atoms with Crippen molar-refractivity contribution < 1.29 is 14.2 Å². The van der Waals surface area contributed by atoms with E-state index < -0.39 is 6.10 Å². The molecule has 0 saturated carbocycles. The molecule has 19 heavy (non-hydrogen) atoms. The molecule has 2 rings (SSSR count). The quantitative estimate of drug-likeness (QED) is 0.860. The maximum atomic E-state index is 13.2. The van der Waals surface area contributed by atoms with Crippen LogP contribution >= 0.6 is 0 Å². The van der Waals surface area contributed by atoms with Crippen molar-refractivity contribution >= 4 is 0 Å². The molecule has 4 heteroatoms. The fraction of sp³-hybridized carbons (Fsp3) is 0.600. The monoisotopic (exact) mass is 267 g/mol. The summed E-state index contributed by atoms with van der Waals surface area (Å²) >= 11 is 0.